The first-order valence-electron chi connectivity index (χ1n) is 16.4. The molecule has 6 rings (SSSR count). The number of halogens is 4. The summed E-state index contributed by atoms with van der Waals surface area (Å²) in [5, 5.41) is 0. The number of rotatable bonds is 7. The number of benzene rings is 2. The van der Waals surface area contributed by atoms with E-state index in [0.29, 0.717) is 75.8 Å². The van der Waals surface area contributed by atoms with Crippen LogP contribution < -0.4 is 0 Å². The van der Waals surface area contributed by atoms with Gasteiger partial charge in [0.1, 0.15) is 11.4 Å². The van der Waals surface area contributed by atoms with Gasteiger partial charge in [0.15, 0.2) is 5.78 Å². The van der Waals surface area contributed by atoms with Crippen molar-refractivity contribution < 1.29 is 36.7 Å². The molecule has 0 radical (unpaired) electrons. The summed E-state index contributed by atoms with van der Waals surface area (Å²) in [5.41, 5.74) is 1.39. The number of piperidine rings is 2. The number of carbonyl (C=O) groups is 3. The number of carbonyl (C=O) groups excluding carboxylic acids is 3. The Morgan fingerprint density at radius 2 is 1.43 bits per heavy atom. The molecule has 1 saturated carbocycles. The molecular weight excluding hydrogens is 602 g/mol. The van der Waals surface area contributed by atoms with Gasteiger partial charge in [0.2, 0.25) is 0 Å². The van der Waals surface area contributed by atoms with Gasteiger partial charge in [-0.2, -0.15) is 13.2 Å². The molecule has 2 aromatic carbocycles. The van der Waals surface area contributed by atoms with E-state index in [4.69, 9.17) is 4.74 Å². The molecule has 0 unspecified atom stereocenters. The van der Waals surface area contributed by atoms with Crippen LogP contribution in [0.25, 0.3) is 0 Å². The van der Waals surface area contributed by atoms with Crippen molar-refractivity contribution >= 4 is 17.8 Å². The lowest BCUT2D eigenvalue weighted by Gasteiger charge is -2.40. The highest BCUT2D eigenvalue weighted by Crippen LogP contribution is 2.40. The Morgan fingerprint density at radius 1 is 0.826 bits per heavy atom. The van der Waals surface area contributed by atoms with Crippen LogP contribution in [0.3, 0.4) is 0 Å². The highest BCUT2D eigenvalue weighted by Gasteiger charge is 2.47. The third-order valence-corrected chi connectivity index (χ3v) is 10.5. The fourth-order valence-electron chi connectivity index (χ4n) is 7.61. The van der Waals surface area contributed by atoms with Crippen molar-refractivity contribution in [1.29, 1.82) is 0 Å². The Morgan fingerprint density at radius 3 is 2.04 bits per heavy atom. The maximum atomic E-state index is 13.2. The average molecular weight is 644 g/mol. The topological polar surface area (TPSA) is 70.2 Å². The standard InChI is InChI=1S/C35H41F4N3O4/c36-30-11-7-26(8-12-30)31(43)27-13-17-41(18-14-27)32(44)28-5-1-25(2-6-28)22-42-23-34(46-33(42)45)15-19-40(20-16-34)21-24-3-9-29(10-4-24)35(37,38)39/h1-2,5-8,11-12,24,27,29H,3-4,9-10,13-23H2. The molecule has 0 aromatic heterocycles. The number of nitrogens with zero attached hydrogens (tertiary/aromatic N) is 3. The number of alkyl halides is 3. The fraction of sp³-hybridized carbons (Fsp3) is 0.571. The molecule has 1 spiro atoms. The molecule has 7 nitrogen and oxygen atoms in total. The molecule has 4 fully saturated rings. The van der Waals surface area contributed by atoms with E-state index in [-0.39, 0.29) is 48.3 Å². The Bertz CT molecular complexity index is 1390. The highest BCUT2D eigenvalue weighted by molar-refractivity contribution is 5.98. The first-order valence-corrected chi connectivity index (χ1v) is 16.4. The van der Waals surface area contributed by atoms with Crippen LogP contribution in [0.5, 0.6) is 0 Å². The van der Waals surface area contributed by atoms with Crippen molar-refractivity contribution in [3.63, 3.8) is 0 Å². The molecule has 0 bridgehead atoms. The minimum Gasteiger partial charge on any atom is -0.441 e. The second kappa shape index (κ2) is 13.3. The van der Waals surface area contributed by atoms with Crippen LogP contribution in [0.4, 0.5) is 22.4 Å². The van der Waals surface area contributed by atoms with Gasteiger partial charge in [0, 0.05) is 69.2 Å². The molecule has 0 atom stereocenters. The molecule has 0 N–H and O–H groups in total. The van der Waals surface area contributed by atoms with Crippen molar-refractivity contribution in [1.82, 2.24) is 14.7 Å². The third kappa shape index (κ3) is 7.40. The van der Waals surface area contributed by atoms with Crippen LogP contribution in [0, 0.1) is 23.6 Å². The molecule has 1 aliphatic carbocycles. The second-order valence-electron chi connectivity index (χ2n) is 13.6. The van der Waals surface area contributed by atoms with Gasteiger partial charge in [0.25, 0.3) is 5.91 Å². The fourth-order valence-corrected chi connectivity index (χ4v) is 7.61. The Kier molecular flexibility index (Phi) is 9.41. The van der Waals surface area contributed by atoms with Gasteiger partial charge in [-0.25, -0.2) is 9.18 Å². The van der Waals surface area contributed by atoms with Crippen LogP contribution in [0.15, 0.2) is 48.5 Å². The molecule has 2 aromatic rings. The van der Waals surface area contributed by atoms with E-state index in [9.17, 15) is 31.9 Å². The zero-order chi connectivity index (χ0) is 32.5. The number of hydrogen-bond donors (Lipinski definition) is 0. The maximum Gasteiger partial charge on any atom is 0.410 e. The molecule has 3 saturated heterocycles. The van der Waals surface area contributed by atoms with E-state index in [2.05, 4.69) is 4.90 Å². The highest BCUT2D eigenvalue weighted by atomic mass is 19.4. The van der Waals surface area contributed by atoms with Gasteiger partial charge < -0.3 is 14.5 Å². The zero-order valence-electron chi connectivity index (χ0n) is 25.9. The molecular formula is C35H41F4N3O4. The normalized spacial score (nSPS) is 24.3. The predicted molar refractivity (Wildman–Crippen MR) is 163 cm³/mol. The SMILES string of the molecule is O=C(c1ccc(F)cc1)C1CCN(C(=O)c2ccc(CN3CC4(CCN(CC5CCC(C(F)(F)F)CC5)CC4)OC3=O)cc2)CC1. The molecule has 248 valence electrons. The first-order chi connectivity index (χ1) is 22.0. The van der Waals surface area contributed by atoms with Crippen molar-refractivity contribution in [2.24, 2.45) is 17.8 Å². The van der Waals surface area contributed by atoms with Crippen molar-refractivity contribution in [3.8, 4) is 0 Å². The molecule has 4 aliphatic rings. The predicted octanol–water partition coefficient (Wildman–Crippen LogP) is 6.72. The average Bonchev–Trinajstić information content (AvgIpc) is 3.35. The Balaban J connectivity index is 0.945. The third-order valence-electron chi connectivity index (χ3n) is 10.5. The summed E-state index contributed by atoms with van der Waals surface area (Å²) in [5.74, 6) is -1.57. The number of hydrogen-bond acceptors (Lipinski definition) is 5. The van der Waals surface area contributed by atoms with Gasteiger partial charge in [-0.3, -0.25) is 14.5 Å². The summed E-state index contributed by atoms with van der Waals surface area (Å²) in [6.45, 7) is 4.12. The maximum absolute atomic E-state index is 13.2. The molecule has 3 aliphatic heterocycles. The lowest BCUT2D eigenvalue weighted by atomic mass is 9.81. The zero-order valence-corrected chi connectivity index (χ0v) is 25.9. The molecule has 3 heterocycles. The van der Waals surface area contributed by atoms with E-state index >= 15 is 0 Å². The largest absolute Gasteiger partial charge is 0.441 e. The van der Waals surface area contributed by atoms with Crippen molar-refractivity contribution in [2.75, 3.05) is 39.3 Å². The van der Waals surface area contributed by atoms with Crippen LogP contribution >= 0.6 is 0 Å². The van der Waals surface area contributed by atoms with E-state index in [1.54, 1.807) is 21.9 Å². The van der Waals surface area contributed by atoms with E-state index in [0.717, 1.165) is 25.2 Å². The second-order valence-corrected chi connectivity index (χ2v) is 13.6. The van der Waals surface area contributed by atoms with Crippen molar-refractivity contribution in [3.05, 3.63) is 71.0 Å². The smallest absolute Gasteiger partial charge is 0.410 e. The van der Waals surface area contributed by atoms with Crippen LogP contribution in [0.2, 0.25) is 0 Å². The monoisotopic (exact) mass is 643 g/mol. The van der Waals surface area contributed by atoms with Gasteiger partial charge in [-0.15, -0.1) is 0 Å². The van der Waals surface area contributed by atoms with Gasteiger partial charge in [-0.05, 0) is 86.4 Å². The molecule has 2 amide bonds. The molecule has 46 heavy (non-hydrogen) atoms. The minimum absolute atomic E-state index is 0.0192. The number of ether oxygens (including phenoxy) is 1. The lowest BCUT2D eigenvalue weighted by molar-refractivity contribution is -0.184. The first kappa shape index (κ1) is 32.5. The number of ketones is 1. The Hall–Kier alpha value is -3.47. The van der Waals surface area contributed by atoms with Gasteiger partial charge in [-0.1, -0.05) is 12.1 Å². The summed E-state index contributed by atoms with van der Waals surface area (Å²) in [4.78, 5) is 44.5. The van der Waals surface area contributed by atoms with E-state index in [1.807, 2.05) is 12.1 Å². The van der Waals surface area contributed by atoms with Crippen molar-refractivity contribution in [2.45, 2.75) is 69.7 Å². The minimum atomic E-state index is -4.09. The number of Topliss-reactive ketones (excluding diaryl/α,β-unsaturated/α-hetero) is 1. The van der Waals surface area contributed by atoms with Gasteiger partial charge in [0.05, 0.1) is 12.5 Å². The summed E-state index contributed by atoms with van der Waals surface area (Å²) in [6, 6.07) is 12.8. The van der Waals surface area contributed by atoms with Gasteiger partial charge >= 0.3 is 12.3 Å². The number of amides is 2. The lowest BCUT2D eigenvalue weighted by Crippen LogP contribution is -2.48. The van der Waals surface area contributed by atoms with Crippen LogP contribution in [-0.2, 0) is 11.3 Å². The quantitative estimate of drug-likeness (QED) is 0.248. The summed E-state index contributed by atoms with van der Waals surface area (Å²) >= 11 is 0. The summed E-state index contributed by atoms with van der Waals surface area (Å²) in [7, 11) is 0. The van der Waals surface area contributed by atoms with Crippen LogP contribution in [-0.4, -0.2) is 83.5 Å². The van der Waals surface area contributed by atoms with Crippen LogP contribution in [0.1, 0.15) is 77.6 Å². The summed E-state index contributed by atoms with van der Waals surface area (Å²) in [6.07, 6.45) is -0.274. The number of likely N-dealkylation sites (tertiary alicyclic amines) is 2. The summed E-state index contributed by atoms with van der Waals surface area (Å²) < 4.78 is 58.1. The van der Waals surface area contributed by atoms with E-state index < -0.39 is 17.7 Å². The van der Waals surface area contributed by atoms with E-state index in [1.165, 1.54) is 24.3 Å². The molecule has 11 heteroatoms. The Labute approximate surface area is 266 Å².